The van der Waals surface area contributed by atoms with E-state index in [0.29, 0.717) is 23.5 Å². The third kappa shape index (κ3) is 7.08. The van der Waals surface area contributed by atoms with E-state index < -0.39 is 6.03 Å². The summed E-state index contributed by atoms with van der Waals surface area (Å²) in [4.78, 5) is 23.7. The van der Waals surface area contributed by atoms with Gasteiger partial charge in [0.1, 0.15) is 12.4 Å². The number of benzene rings is 1. The number of rotatable bonds is 10. The summed E-state index contributed by atoms with van der Waals surface area (Å²) in [6, 6.07) is 9.32. The van der Waals surface area contributed by atoms with E-state index in [1.807, 2.05) is 34.9 Å². The van der Waals surface area contributed by atoms with Gasteiger partial charge in [0.25, 0.3) is 0 Å². The highest BCUT2D eigenvalue weighted by atomic mass is 32.2. The number of carbonyl (C=O) groups is 2. The fourth-order valence-corrected chi connectivity index (χ4v) is 3.33. The molecular formula is C20H27N5O3S. The number of carbonyl (C=O) groups excluding carboxylic acids is 2. The van der Waals surface area contributed by atoms with Crippen molar-refractivity contribution in [1.29, 1.82) is 0 Å². The largest absolute Gasteiger partial charge is 0.486 e. The lowest BCUT2D eigenvalue weighted by atomic mass is 10.1. The third-order valence-corrected chi connectivity index (χ3v) is 5.30. The maximum Gasteiger partial charge on any atom is 0.321 e. The molecule has 0 aliphatic heterocycles. The van der Waals surface area contributed by atoms with Crippen molar-refractivity contribution in [2.45, 2.75) is 57.5 Å². The van der Waals surface area contributed by atoms with Crippen LogP contribution in [0.25, 0.3) is 0 Å². The monoisotopic (exact) mass is 417 g/mol. The highest BCUT2D eigenvalue weighted by molar-refractivity contribution is 7.99. The van der Waals surface area contributed by atoms with Crippen LogP contribution in [0.3, 0.4) is 0 Å². The van der Waals surface area contributed by atoms with Gasteiger partial charge in [-0.05, 0) is 37.3 Å². The third-order valence-electron chi connectivity index (χ3n) is 4.33. The van der Waals surface area contributed by atoms with Crippen LogP contribution in [0.5, 0.6) is 5.75 Å². The molecular weight excluding hydrogens is 390 g/mol. The SMILES string of the molecule is CC(C)CCn1c(COc2ccccc2)nnc1SCC(=O)NC(=O)NC1CC1. The minimum Gasteiger partial charge on any atom is -0.486 e. The number of nitrogens with zero attached hydrogens (tertiary/aromatic N) is 3. The van der Waals surface area contributed by atoms with Crippen molar-refractivity contribution in [3.05, 3.63) is 36.2 Å². The first-order valence-electron chi connectivity index (χ1n) is 9.84. The average molecular weight is 418 g/mol. The molecule has 3 amide bonds. The van der Waals surface area contributed by atoms with Gasteiger partial charge in [0.15, 0.2) is 11.0 Å². The predicted octanol–water partition coefficient (Wildman–Crippen LogP) is 2.98. The molecule has 29 heavy (non-hydrogen) atoms. The van der Waals surface area contributed by atoms with Crippen LogP contribution in [0.15, 0.2) is 35.5 Å². The normalized spacial score (nSPS) is 13.3. The Morgan fingerprint density at radius 2 is 2.00 bits per heavy atom. The van der Waals surface area contributed by atoms with E-state index >= 15 is 0 Å². The Balaban J connectivity index is 1.57. The summed E-state index contributed by atoms with van der Waals surface area (Å²) in [5, 5.41) is 14.2. The molecule has 8 nitrogen and oxygen atoms in total. The van der Waals surface area contributed by atoms with Crippen molar-refractivity contribution < 1.29 is 14.3 Å². The number of imide groups is 1. The number of thioether (sulfide) groups is 1. The minimum atomic E-state index is -0.434. The van der Waals surface area contributed by atoms with E-state index in [9.17, 15) is 9.59 Å². The molecule has 2 aromatic rings. The molecule has 0 spiro atoms. The summed E-state index contributed by atoms with van der Waals surface area (Å²) in [5.74, 6) is 1.74. The second kappa shape index (κ2) is 10.3. The summed E-state index contributed by atoms with van der Waals surface area (Å²) in [7, 11) is 0. The van der Waals surface area contributed by atoms with Crippen molar-refractivity contribution >= 4 is 23.7 Å². The van der Waals surface area contributed by atoms with Gasteiger partial charge in [0.05, 0.1) is 5.75 Å². The second-order valence-corrected chi connectivity index (χ2v) is 8.36. The zero-order valence-electron chi connectivity index (χ0n) is 16.8. The van der Waals surface area contributed by atoms with Gasteiger partial charge >= 0.3 is 6.03 Å². The van der Waals surface area contributed by atoms with Crippen LogP contribution in [-0.4, -0.2) is 38.5 Å². The van der Waals surface area contributed by atoms with Gasteiger partial charge in [0.2, 0.25) is 5.91 Å². The molecule has 0 unspecified atom stereocenters. The molecule has 1 aromatic heterocycles. The lowest BCUT2D eigenvalue weighted by Gasteiger charge is -2.12. The number of amides is 3. The molecule has 0 saturated heterocycles. The maximum absolute atomic E-state index is 12.0. The first-order chi connectivity index (χ1) is 14.0. The Morgan fingerprint density at radius 3 is 2.69 bits per heavy atom. The van der Waals surface area contributed by atoms with Crippen LogP contribution in [0.1, 0.15) is 38.9 Å². The fraction of sp³-hybridized carbons (Fsp3) is 0.500. The van der Waals surface area contributed by atoms with Gasteiger partial charge in [-0.1, -0.05) is 43.8 Å². The summed E-state index contributed by atoms with van der Waals surface area (Å²) in [6.45, 7) is 5.35. The molecule has 9 heteroatoms. The molecule has 1 fully saturated rings. The number of para-hydroxylation sites is 1. The molecule has 1 aromatic carbocycles. The van der Waals surface area contributed by atoms with E-state index in [1.165, 1.54) is 11.8 Å². The molecule has 1 saturated carbocycles. The van der Waals surface area contributed by atoms with Crippen molar-refractivity contribution in [1.82, 2.24) is 25.4 Å². The Kier molecular flexibility index (Phi) is 7.51. The zero-order valence-corrected chi connectivity index (χ0v) is 17.6. The standard InChI is InChI=1S/C20H27N5O3S/c1-14(2)10-11-25-17(12-28-16-6-4-3-5-7-16)23-24-20(25)29-13-18(26)22-19(27)21-15-8-9-15/h3-7,14-15H,8-13H2,1-2H3,(H2,21,22,26,27). The van der Waals surface area contributed by atoms with Gasteiger partial charge in [-0.3, -0.25) is 10.1 Å². The quantitative estimate of drug-likeness (QED) is 0.577. The smallest absolute Gasteiger partial charge is 0.321 e. The molecule has 0 radical (unpaired) electrons. The summed E-state index contributed by atoms with van der Waals surface area (Å²) >= 11 is 1.27. The Labute approximate surface area is 174 Å². The van der Waals surface area contributed by atoms with Gasteiger partial charge in [-0.2, -0.15) is 0 Å². The number of urea groups is 1. The molecule has 1 aliphatic carbocycles. The van der Waals surface area contributed by atoms with E-state index in [0.717, 1.165) is 31.6 Å². The van der Waals surface area contributed by atoms with Gasteiger partial charge < -0.3 is 14.6 Å². The molecule has 1 aliphatic rings. The van der Waals surface area contributed by atoms with Crippen LogP contribution in [-0.2, 0) is 17.9 Å². The molecule has 1 heterocycles. The molecule has 0 bridgehead atoms. The molecule has 156 valence electrons. The second-order valence-electron chi connectivity index (χ2n) is 7.42. The zero-order chi connectivity index (χ0) is 20.6. The van der Waals surface area contributed by atoms with E-state index in [1.54, 1.807) is 0 Å². The number of hydrogen-bond acceptors (Lipinski definition) is 6. The first kappa shape index (κ1) is 21.2. The summed E-state index contributed by atoms with van der Waals surface area (Å²) < 4.78 is 7.80. The van der Waals surface area contributed by atoms with Gasteiger partial charge in [-0.15, -0.1) is 10.2 Å². The van der Waals surface area contributed by atoms with Crippen LogP contribution in [0.4, 0.5) is 4.79 Å². The molecule has 0 atom stereocenters. The van der Waals surface area contributed by atoms with Crippen LogP contribution in [0, 0.1) is 5.92 Å². The van der Waals surface area contributed by atoms with Crippen molar-refractivity contribution in [3.63, 3.8) is 0 Å². The lowest BCUT2D eigenvalue weighted by Crippen LogP contribution is -2.41. The minimum absolute atomic E-state index is 0.0947. The fourth-order valence-electron chi connectivity index (χ4n) is 2.55. The average Bonchev–Trinajstić information content (AvgIpc) is 3.41. The van der Waals surface area contributed by atoms with Crippen molar-refractivity contribution in [2.24, 2.45) is 5.92 Å². The van der Waals surface area contributed by atoms with Crippen LogP contribution >= 0.6 is 11.8 Å². The topological polar surface area (TPSA) is 98.1 Å². The first-order valence-corrected chi connectivity index (χ1v) is 10.8. The van der Waals surface area contributed by atoms with Gasteiger partial charge in [0, 0.05) is 12.6 Å². The summed E-state index contributed by atoms with van der Waals surface area (Å²) in [6.07, 6.45) is 2.91. The number of nitrogens with one attached hydrogen (secondary N) is 2. The molecule has 2 N–H and O–H groups in total. The van der Waals surface area contributed by atoms with Gasteiger partial charge in [-0.25, -0.2) is 4.79 Å². The van der Waals surface area contributed by atoms with E-state index in [-0.39, 0.29) is 17.7 Å². The predicted molar refractivity (Wildman–Crippen MR) is 111 cm³/mol. The molecule has 3 rings (SSSR count). The highest BCUT2D eigenvalue weighted by Gasteiger charge is 2.24. The van der Waals surface area contributed by atoms with E-state index in [4.69, 9.17) is 4.74 Å². The number of aromatic nitrogens is 3. The van der Waals surface area contributed by atoms with E-state index in [2.05, 4.69) is 34.7 Å². The number of hydrogen-bond donors (Lipinski definition) is 2. The number of ether oxygens (including phenoxy) is 1. The summed E-state index contributed by atoms with van der Waals surface area (Å²) in [5.41, 5.74) is 0. The Morgan fingerprint density at radius 1 is 1.24 bits per heavy atom. The maximum atomic E-state index is 12.0. The lowest BCUT2D eigenvalue weighted by molar-refractivity contribution is -0.117. The highest BCUT2D eigenvalue weighted by Crippen LogP contribution is 2.20. The van der Waals surface area contributed by atoms with Crippen molar-refractivity contribution in [2.75, 3.05) is 5.75 Å². The van der Waals surface area contributed by atoms with Crippen LogP contribution < -0.4 is 15.4 Å². The van der Waals surface area contributed by atoms with Crippen molar-refractivity contribution in [3.8, 4) is 5.75 Å². The Bertz CT molecular complexity index is 821. The van der Waals surface area contributed by atoms with Crippen LogP contribution in [0.2, 0.25) is 0 Å². The Hall–Kier alpha value is -2.55.